The zero-order chi connectivity index (χ0) is 18.1. The van der Waals surface area contributed by atoms with Crippen LogP contribution in [0.25, 0.3) is 0 Å². The van der Waals surface area contributed by atoms with E-state index in [2.05, 4.69) is 10.3 Å². The Morgan fingerprint density at radius 2 is 1.83 bits per heavy atom. The van der Waals surface area contributed by atoms with Crippen molar-refractivity contribution in [1.82, 2.24) is 10.3 Å². The van der Waals surface area contributed by atoms with Crippen LogP contribution in [0.2, 0.25) is 0 Å². The molecule has 0 aliphatic rings. The molecule has 2 aromatic rings. The lowest BCUT2D eigenvalue weighted by atomic mass is 10.1. The highest BCUT2D eigenvalue weighted by Crippen LogP contribution is 2.29. The second kappa shape index (κ2) is 6.60. The Morgan fingerprint density at radius 3 is 2.29 bits per heavy atom. The van der Waals surface area contributed by atoms with Crippen molar-refractivity contribution in [3.63, 3.8) is 0 Å². The number of aromatic nitrogens is 1. The van der Waals surface area contributed by atoms with E-state index in [-0.39, 0.29) is 10.4 Å². The number of hydrogen-bond acceptors (Lipinski definition) is 4. The lowest BCUT2D eigenvalue weighted by molar-refractivity contribution is -0.137. The number of alkyl halides is 3. The number of hydrogen-bond donors (Lipinski definition) is 2. The minimum absolute atomic E-state index is 0.0709. The van der Waals surface area contributed by atoms with Crippen molar-refractivity contribution >= 4 is 23.2 Å². The van der Waals surface area contributed by atoms with Crippen molar-refractivity contribution in [3.05, 3.63) is 51.0 Å². The molecule has 128 valence electrons. The maximum atomic E-state index is 12.5. The predicted octanol–water partition coefficient (Wildman–Crippen LogP) is 3.66. The molecule has 0 unspecified atom stereocenters. The third-order valence-electron chi connectivity index (χ3n) is 3.20. The molecule has 0 aliphatic carbocycles. The van der Waals surface area contributed by atoms with Gasteiger partial charge in [0.05, 0.1) is 17.3 Å². The van der Waals surface area contributed by atoms with Crippen LogP contribution in [0.15, 0.2) is 24.3 Å². The Kier molecular flexibility index (Phi) is 4.93. The number of benzene rings is 1. The van der Waals surface area contributed by atoms with Crippen LogP contribution in [0.5, 0.6) is 0 Å². The van der Waals surface area contributed by atoms with Crippen molar-refractivity contribution in [3.8, 4) is 0 Å². The van der Waals surface area contributed by atoms with Gasteiger partial charge in [-0.15, -0.1) is 11.3 Å². The maximum Gasteiger partial charge on any atom is 0.416 e. The van der Waals surface area contributed by atoms with Crippen molar-refractivity contribution in [1.29, 1.82) is 0 Å². The van der Waals surface area contributed by atoms with Gasteiger partial charge in [-0.3, -0.25) is 4.79 Å². The molecule has 0 bridgehead atoms. The molecule has 0 aliphatic heterocycles. The van der Waals surface area contributed by atoms with Crippen molar-refractivity contribution < 1.29 is 27.9 Å². The van der Waals surface area contributed by atoms with Crippen LogP contribution in [-0.2, 0) is 6.18 Å². The lowest BCUT2D eigenvalue weighted by Gasteiger charge is -2.12. The summed E-state index contributed by atoms with van der Waals surface area (Å²) in [5, 5.41) is 12.0. The molecule has 24 heavy (non-hydrogen) atoms. The molecule has 0 radical (unpaired) electrons. The lowest BCUT2D eigenvalue weighted by Crippen LogP contribution is -2.26. The molecule has 1 heterocycles. The molecular formula is C15H13F3N2O3S. The third-order valence-corrected chi connectivity index (χ3v) is 4.53. The van der Waals surface area contributed by atoms with E-state index in [9.17, 15) is 22.8 Å². The van der Waals surface area contributed by atoms with Crippen LogP contribution in [0.3, 0.4) is 0 Å². The summed E-state index contributed by atoms with van der Waals surface area (Å²) in [6.07, 6.45) is -4.46. The van der Waals surface area contributed by atoms with Gasteiger partial charge in [0.2, 0.25) is 0 Å². The van der Waals surface area contributed by atoms with Crippen LogP contribution in [0.4, 0.5) is 13.2 Å². The first-order chi connectivity index (χ1) is 11.1. The van der Waals surface area contributed by atoms with Crippen molar-refractivity contribution in [2.75, 3.05) is 0 Å². The van der Waals surface area contributed by atoms with E-state index in [1.165, 1.54) is 0 Å². The van der Waals surface area contributed by atoms with E-state index in [4.69, 9.17) is 5.11 Å². The summed E-state index contributed by atoms with van der Waals surface area (Å²) >= 11 is 0.945. The van der Waals surface area contributed by atoms with Gasteiger partial charge in [0.1, 0.15) is 9.88 Å². The number of amides is 1. The highest BCUT2D eigenvalue weighted by molar-refractivity contribution is 7.13. The Balaban J connectivity index is 2.11. The van der Waals surface area contributed by atoms with Gasteiger partial charge in [0, 0.05) is 5.56 Å². The zero-order valence-corrected chi connectivity index (χ0v) is 13.5. The molecule has 1 atom stereocenters. The summed E-state index contributed by atoms with van der Waals surface area (Å²) in [5.41, 5.74) is -0.423. The molecule has 0 saturated heterocycles. The van der Waals surface area contributed by atoms with E-state index < -0.39 is 29.7 Å². The largest absolute Gasteiger partial charge is 0.477 e. The number of carbonyl (C=O) groups excluding carboxylic acids is 1. The summed E-state index contributed by atoms with van der Waals surface area (Å²) < 4.78 is 37.5. The van der Waals surface area contributed by atoms with Gasteiger partial charge < -0.3 is 10.4 Å². The SMILES string of the molecule is Cc1nc([C@H](C)NC(=O)c2ccc(C(F)(F)F)cc2)sc1C(=O)O. The fraction of sp³-hybridized carbons (Fsp3) is 0.267. The Morgan fingerprint density at radius 1 is 1.25 bits per heavy atom. The van der Waals surface area contributed by atoms with Gasteiger partial charge in [-0.2, -0.15) is 13.2 Å². The number of carboxylic acid groups (broad SMARTS) is 1. The van der Waals surface area contributed by atoms with Gasteiger partial charge >= 0.3 is 12.1 Å². The predicted molar refractivity (Wildman–Crippen MR) is 81.1 cm³/mol. The minimum Gasteiger partial charge on any atom is -0.477 e. The molecule has 1 aromatic heterocycles. The number of halogens is 3. The van der Waals surface area contributed by atoms with Crippen LogP contribution in [0, 0.1) is 6.92 Å². The number of carbonyl (C=O) groups is 2. The molecule has 1 amide bonds. The summed E-state index contributed by atoms with van der Waals surface area (Å²) in [5.74, 6) is -1.67. The standard InChI is InChI=1S/C15H13F3N2O3S/c1-7-11(14(22)23)24-13(20-7)8(2)19-12(21)9-3-5-10(6-4-9)15(16,17)18/h3-6,8H,1-2H3,(H,19,21)(H,22,23)/t8-/m0/s1. The number of carboxylic acids is 1. The smallest absolute Gasteiger partial charge is 0.416 e. The van der Waals surface area contributed by atoms with Crippen LogP contribution >= 0.6 is 11.3 Å². The van der Waals surface area contributed by atoms with Crippen LogP contribution < -0.4 is 5.32 Å². The monoisotopic (exact) mass is 358 g/mol. The van der Waals surface area contributed by atoms with Crippen molar-refractivity contribution in [2.24, 2.45) is 0 Å². The summed E-state index contributed by atoms with van der Waals surface area (Å²) in [4.78, 5) is 27.3. The Hall–Kier alpha value is -2.42. The second-order valence-electron chi connectivity index (χ2n) is 5.04. The van der Waals surface area contributed by atoms with E-state index in [0.717, 1.165) is 35.6 Å². The van der Waals surface area contributed by atoms with Gasteiger partial charge in [0.15, 0.2) is 0 Å². The van der Waals surface area contributed by atoms with E-state index in [1.54, 1.807) is 13.8 Å². The molecule has 5 nitrogen and oxygen atoms in total. The Bertz CT molecular complexity index is 769. The molecule has 2 rings (SSSR count). The van der Waals surface area contributed by atoms with E-state index in [0.29, 0.717) is 10.7 Å². The fourth-order valence-electron chi connectivity index (χ4n) is 1.95. The maximum absolute atomic E-state index is 12.5. The van der Waals surface area contributed by atoms with E-state index in [1.807, 2.05) is 0 Å². The van der Waals surface area contributed by atoms with Gasteiger partial charge in [-0.1, -0.05) is 0 Å². The number of rotatable bonds is 4. The molecule has 1 aromatic carbocycles. The minimum atomic E-state index is -4.46. The third kappa shape index (κ3) is 3.91. The van der Waals surface area contributed by atoms with E-state index >= 15 is 0 Å². The molecular weight excluding hydrogens is 345 g/mol. The number of nitrogens with one attached hydrogen (secondary N) is 1. The molecule has 9 heteroatoms. The normalized spacial score (nSPS) is 12.7. The Labute approximate surface area is 139 Å². The number of aromatic carboxylic acids is 1. The van der Waals surface area contributed by atoms with Crippen LogP contribution in [-0.4, -0.2) is 22.0 Å². The van der Waals surface area contributed by atoms with Gasteiger partial charge in [-0.05, 0) is 38.1 Å². The zero-order valence-electron chi connectivity index (χ0n) is 12.6. The first-order valence-electron chi connectivity index (χ1n) is 6.78. The fourth-order valence-corrected chi connectivity index (χ4v) is 2.86. The van der Waals surface area contributed by atoms with Crippen molar-refractivity contribution in [2.45, 2.75) is 26.1 Å². The molecule has 0 fully saturated rings. The average molecular weight is 358 g/mol. The molecule has 0 saturated carbocycles. The first-order valence-corrected chi connectivity index (χ1v) is 7.60. The van der Waals surface area contributed by atoms with Crippen LogP contribution in [0.1, 0.15) is 49.3 Å². The number of nitrogens with zero attached hydrogens (tertiary/aromatic N) is 1. The van der Waals surface area contributed by atoms with Gasteiger partial charge in [0.25, 0.3) is 5.91 Å². The summed E-state index contributed by atoms with van der Waals surface area (Å²) in [6, 6.07) is 3.25. The highest BCUT2D eigenvalue weighted by atomic mass is 32.1. The topological polar surface area (TPSA) is 79.3 Å². The second-order valence-corrected chi connectivity index (χ2v) is 6.07. The number of aryl methyl sites for hydroxylation is 1. The van der Waals surface area contributed by atoms with Gasteiger partial charge in [-0.25, -0.2) is 9.78 Å². The molecule has 0 spiro atoms. The summed E-state index contributed by atoms with van der Waals surface area (Å²) in [7, 11) is 0. The first kappa shape index (κ1) is 17.9. The summed E-state index contributed by atoms with van der Waals surface area (Å²) in [6.45, 7) is 3.17. The highest BCUT2D eigenvalue weighted by Gasteiger charge is 2.30. The quantitative estimate of drug-likeness (QED) is 0.874. The average Bonchev–Trinajstić information content (AvgIpc) is 2.88. The molecule has 2 N–H and O–H groups in total. The number of thiazole rings is 1.